The summed E-state index contributed by atoms with van der Waals surface area (Å²) in [5.74, 6) is 0.345. The van der Waals surface area contributed by atoms with Crippen molar-refractivity contribution in [2.75, 3.05) is 5.73 Å². The predicted octanol–water partition coefficient (Wildman–Crippen LogP) is 2.50. The SMILES string of the molecule is Cc1c(N)ccc2c(O)csc12. The topological polar surface area (TPSA) is 46.2 Å². The van der Waals surface area contributed by atoms with Gasteiger partial charge in [0, 0.05) is 21.2 Å². The maximum Gasteiger partial charge on any atom is 0.134 e. The quantitative estimate of drug-likeness (QED) is 0.610. The van der Waals surface area contributed by atoms with Gasteiger partial charge in [-0.3, -0.25) is 0 Å². The highest BCUT2D eigenvalue weighted by atomic mass is 32.1. The van der Waals surface area contributed by atoms with Gasteiger partial charge in [0.15, 0.2) is 0 Å². The molecule has 0 saturated carbocycles. The van der Waals surface area contributed by atoms with Crippen molar-refractivity contribution >= 4 is 27.1 Å². The van der Waals surface area contributed by atoms with Gasteiger partial charge in [0.1, 0.15) is 5.75 Å². The summed E-state index contributed by atoms with van der Waals surface area (Å²) < 4.78 is 1.08. The summed E-state index contributed by atoms with van der Waals surface area (Å²) in [6, 6.07) is 3.67. The second-order valence-corrected chi connectivity index (χ2v) is 3.66. The average Bonchev–Trinajstić information content (AvgIpc) is 2.41. The summed E-state index contributed by atoms with van der Waals surface area (Å²) in [6.45, 7) is 1.97. The molecule has 0 bridgehead atoms. The van der Waals surface area contributed by atoms with Crippen molar-refractivity contribution in [3.63, 3.8) is 0 Å². The molecule has 0 saturated heterocycles. The van der Waals surface area contributed by atoms with Crippen LogP contribution in [0.15, 0.2) is 17.5 Å². The summed E-state index contributed by atoms with van der Waals surface area (Å²) in [7, 11) is 0. The molecular formula is C9H9NOS. The lowest BCUT2D eigenvalue weighted by Crippen LogP contribution is -1.87. The van der Waals surface area contributed by atoms with Crippen molar-refractivity contribution < 1.29 is 5.11 Å². The van der Waals surface area contributed by atoms with Gasteiger partial charge in [0.25, 0.3) is 0 Å². The first kappa shape index (κ1) is 7.43. The van der Waals surface area contributed by atoms with Gasteiger partial charge in [-0.25, -0.2) is 0 Å². The Hall–Kier alpha value is -1.22. The van der Waals surface area contributed by atoms with Crippen molar-refractivity contribution in [3.8, 4) is 5.75 Å². The van der Waals surface area contributed by atoms with Crippen molar-refractivity contribution in [2.45, 2.75) is 6.92 Å². The molecule has 1 heterocycles. The number of benzene rings is 1. The molecule has 1 aromatic carbocycles. The third-order valence-electron chi connectivity index (χ3n) is 2.01. The molecule has 62 valence electrons. The van der Waals surface area contributed by atoms with E-state index in [2.05, 4.69) is 0 Å². The van der Waals surface area contributed by atoms with E-state index in [1.54, 1.807) is 5.38 Å². The average molecular weight is 179 g/mol. The van der Waals surface area contributed by atoms with E-state index in [0.717, 1.165) is 21.3 Å². The second kappa shape index (κ2) is 2.38. The standard InChI is InChI=1S/C9H9NOS/c1-5-7(10)3-2-6-8(11)4-12-9(5)6/h2-4,11H,10H2,1H3. The highest BCUT2D eigenvalue weighted by molar-refractivity contribution is 7.17. The molecule has 3 N–H and O–H groups in total. The minimum atomic E-state index is 0.345. The van der Waals surface area contributed by atoms with E-state index >= 15 is 0 Å². The summed E-state index contributed by atoms with van der Waals surface area (Å²) in [5, 5.41) is 12.0. The molecule has 2 nitrogen and oxygen atoms in total. The Labute approximate surface area is 74.3 Å². The van der Waals surface area contributed by atoms with Crippen molar-refractivity contribution in [2.24, 2.45) is 0 Å². The Morgan fingerprint density at radius 1 is 1.42 bits per heavy atom. The third-order valence-corrected chi connectivity index (χ3v) is 3.12. The van der Waals surface area contributed by atoms with Crippen LogP contribution in [0, 0.1) is 6.92 Å². The normalized spacial score (nSPS) is 10.8. The van der Waals surface area contributed by atoms with Gasteiger partial charge in [-0.15, -0.1) is 11.3 Å². The van der Waals surface area contributed by atoms with Gasteiger partial charge in [-0.1, -0.05) is 0 Å². The largest absolute Gasteiger partial charge is 0.506 e. The fourth-order valence-electron chi connectivity index (χ4n) is 1.24. The molecule has 0 aliphatic carbocycles. The highest BCUT2D eigenvalue weighted by Crippen LogP contribution is 2.35. The monoisotopic (exact) mass is 179 g/mol. The molecule has 0 spiro atoms. The molecule has 2 rings (SSSR count). The molecule has 0 atom stereocenters. The van der Waals surface area contributed by atoms with Crippen LogP contribution in [0.1, 0.15) is 5.56 Å². The molecular weight excluding hydrogens is 170 g/mol. The van der Waals surface area contributed by atoms with Crippen LogP contribution < -0.4 is 5.73 Å². The Kier molecular flexibility index (Phi) is 1.48. The van der Waals surface area contributed by atoms with E-state index in [9.17, 15) is 5.11 Å². The number of hydrogen-bond acceptors (Lipinski definition) is 3. The van der Waals surface area contributed by atoms with Crippen LogP contribution in [0.2, 0.25) is 0 Å². The van der Waals surface area contributed by atoms with Gasteiger partial charge in [-0.2, -0.15) is 0 Å². The smallest absolute Gasteiger partial charge is 0.134 e. The molecule has 1 aromatic heterocycles. The Morgan fingerprint density at radius 3 is 2.92 bits per heavy atom. The number of fused-ring (bicyclic) bond motifs is 1. The van der Waals surface area contributed by atoms with E-state index in [4.69, 9.17) is 5.73 Å². The summed E-state index contributed by atoms with van der Waals surface area (Å²) in [6.07, 6.45) is 0. The first-order valence-corrected chi connectivity index (χ1v) is 4.53. The van der Waals surface area contributed by atoms with Crippen LogP contribution in [-0.4, -0.2) is 5.11 Å². The first-order chi connectivity index (χ1) is 5.70. The fraction of sp³-hybridized carbons (Fsp3) is 0.111. The Balaban J connectivity index is 2.93. The maximum atomic E-state index is 9.40. The molecule has 12 heavy (non-hydrogen) atoms. The zero-order chi connectivity index (χ0) is 8.72. The van der Waals surface area contributed by atoms with Gasteiger partial charge in [-0.05, 0) is 24.6 Å². The number of aromatic hydroxyl groups is 1. The Morgan fingerprint density at radius 2 is 2.17 bits per heavy atom. The molecule has 0 aliphatic rings. The number of thiophene rings is 1. The predicted molar refractivity (Wildman–Crippen MR) is 52.6 cm³/mol. The van der Waals surface area contributed by atoms with Crippen molar-refractivity contribution in [1.82, 2.24) is 0 Å². The Bertz CT molecular complexity index is 433. The zero-order valence-corrected chi connectivity index (χ0v) is 7.48. The van der Waals surface area contributed by atoms with Gasteiger partial charge in [0.05, 0.1) is 0 Å². The minimum Gasteiger partial charge on any atom is -0.506 e. The van der Waals surface area contributed by atoms with Crippen molar-refractivity contribution in [3.05, 3.63) is 23.1 Å². The molecule has 0 amide bonds. The van der Waals surface area contributed by atoms with Crippen LogP contribution in [0.4, 0.5) is 5.69 Å². The van der Waals surface area contributed by atoms with Crippen LogP contribution in [0.3, 0.4) is 0 Å². The molecule has 0 fully saturated rings. The van der Waals surface area contributed by atoms with Crippen LogP contribution in [-0.2, 0) is 0 Å². The third kappa shape index (κ3) is 0.865. The van der Waals surface area contributed by atoms with Crippen molar-refractivity contribution in [1.29, 1.82) is 0 Å². The van der Waals surface area contributed by atoms with Crippen LogP contribution >= 0.6 is 11.3 Å². The molecule has 0 radical (unpaired) electrons. The summed E-state index contributed by atoms with van der Waals surface area (Å²) in [4.78, 5) is 0. The number of nitrogen functional groups attached to an aromatic ring is 1. The molecule has 3 heteroatoms. The lowest BCUT2D eigenvalue weighted by atomic mass is 10.1. The van der Waals surface area contributed by atoms with Gasteiger partial charge >= 0.3 is 0 Å². The second-order valence-electron chi connectivity index (χ2n) is 2.78. The number of nitrogens with two attached hydrogens (primary N) is 1. The summed E-state index contributed by atoms with van der Waals surface area (Å²) >= 11 is 1.52. The fourth-order valence-corrected chi connectivity index (χ4v) is 2.19. The maximum absolute atomic E-state index is 9.40. The number of hydrogen-bond donors (Lipinski definition) is 2. The number of aryl methyl sites for hydroxylation is 1. The van der Waals surface area contributed by atoms with E-state index in [1.807, 2.05) is 19.1 Å². The summed E-state index contributed by atoms with van der Waals surface area (Å²) in [5.41, 5.74) is 7.56. The number of rotatable bonds is 0. The molecule has 0 unspecified atom stereocenters. The van der Waals surface area contributed by atoms with E-state index < -0.39 is 0 Å². The van der Waals surface area contributed by atoms with Crippen LogP contribution in [0.25, 0.3) is 10.1 Å². The minimum absolute atomic E-state index is 0.345. The van der Waals surface area contributed by atoms with Crippen LogP contribution in [0.5, 0.6) is 5.75 Å². The first-order valence-electron chi connectivity index (χ1n) is 3.65. The zero-order valence-electron chi connectivity index (χ0n) is 6.66. The van der Waals surface area contributed by atoms with Gasteiger partial charge in [0.2, 0.25) is 0 Å². The van der Waals surface area contributed by atoms with E-state index in [0.29, 0.717) is 5.75 Å². The van der Waals surface area contributed by atoms with E-state index in [-0.39, 0.29) is 0 Å². The van der Waals surface area contributed by atoms with E-state index in [1.165, 1.54) is 11.3 Å². The molecule has 0 aliphatic heterocycles. The lowest BCUT2D eigenvalue weighted by Gasteiger charge is -1.99. The van der Waals surface area contributed by atoms with Gasteiger partial charge < -0.3 is 10.8 Å². The lowest BCUT2D eigenvalue weighted by molar-refractivity contribution is 0.483. The molecule has 2 aromatic rings. The highest BCUT2D eigenvalue weighted by Gasteiger charge is 2.05. The number of anilines is 1.